The molecule has 2 aliphatic carbocycles. The van der Waals surface area contributed by atoms with Gasteiger partial charge in [-0.05, 0) is 68.4 Å². The zero-order chi connectivity index (χ0) is 24.1. The Hall–Kier alpha value is -3.32. The lowest BCUT2D eigenvalue weighted by Crippen LogP contribution is -2.51. The predicted molar refractivity (Wildman–Crippen MR) is 123 cm³/mol. The van der Waals surface area contributed by atoms with E-state index in [1.54, 1.807) is 4.90 Å². The van der Waals surface area contributed by atoms with Gasteiger partial charge in [0.2, 0.25) is 0 Å². The van der Waals surface area contributed by atoms with Gasteiger partial charge in [0.05, 0.1) is 6.04 Å². The summed E-state index contributed by atoms with van der Waals surface area (Å²) in [6.45, 7) is 27.2. The van der Waals surface area contributed by atoms with Crippen molar-refractivity contribution < 1.29 is 19.1 Å². The van der Waals surface area contributed by atoms with Gasteiger partial charge in [0.15, 0.2) is 0 Å². The SMILES string of the molecule is [C-]#[N+]C1([N+]#[C-])CC2=C(COC(C)=O)C(=C)CC2=C[C@@H]2C1=C[C@H]1CC[C@@H]2N1C(=O)OC(C)(C)C. The van der Waals surface area contributed by atoms with Gasteiger partial charge in [0, 0.05) is 18.9 Å². The summed E-state index contributed by atoms with van der Waals surface area (Å²) < 4.78 is 11.0. The molecule has 172 valence electrons. The van der Waals surface area contributed by atoms with Gasteiger partial charge in [-0.15, -0.1) is 0 Å². The summed E-state index contributed by atoms with van der Waals surface area (Å²) in [5.41, 5.74) is 2.34. The maximum absolute atomic E-state index is 13.1. The van der Waals surface area contributed by atoms with E-state index in [9.17, 15) is 9.59 Å². The van der Waals surface area contributed by atoms with Crippen LogP contribution in [-0.2, 0) is 14.3 Å². The molecular weight excluding hydrogens is 418 g/mol. The van der Waals surface area contributed by atoms with Crippen molar-refractivity contribution >= 4 is 12.1 Å². The lowest BCUT2D eigenvalue weighted by atomic mass is 9.80. The maximum Gasteiger partial charge on any atom is 0.510 e. The molecule has 2 aliphatic heterocycles. The molecule has 1 amide bonds. The molecule has 0 aromatic heterocycles. The molecule has 0 radical (unpaired) electrons. The molecule has 0 N–H and O–H groups in total. The highest BCUT2D eigenvalue weighted by molar-refractivity contribution is 5.72. The average molecular weight is 448 g/mol. The lowest BCUT2D eigenvalue weighted by Gasteiger charge is -2.38. The van der Waals surface area contributed by atoms with Crippen LogP contribution in [0.2, 0.25) is 0 Å². The van der Waals surface area contributed by atoms with Crippen LogP contribution in [0, 0.1) is 19.1 Å². The van der Waals surface area contributed by atoms with E-state index in [0.717, 1.165) is 40.7 Å². The average Bonchev–Trinajstić information content (AvgIpc) is 3.15. The lowest BCUT2D eigenvalue weighted by molar-refractivity contribution is -0.139. The van der Waals surface area contributed by atoms with Crippen molar-refractivity contribution in [2.24, 2.45) is 5.92 Å². The topological polar surface area (TPSA) is 64.6 Å². The Labute approximate surface area is 195 Å². The van der Waals surface area contributed by atoms with Crippen LogP contribution in [0.3, 0.4) is 0 Å². The van der Waals surface area contributed by atoms with Crippen molar-refractivity contribution in [1.82, 2.24) is 4.90 Å². The van der Waals surface area contributed by atoms with E-state index in [-0.39, 0.29) is 43.1 Å². The van der Waals surface area contributed by atoms with Crippen molar-refractivity contribution in [2.75, 3.05) is 6.61 Å². The predicted octanol–water partition coefficient (Wildman–Crippen LogP) is 5.00. The number of amides is 1. The Morgan fingerprint density at radius 1 is 1.24 bits per heavy atom. The molecular formula is C26H29N3O4. The van der Waals surface area contributed by atoms with Gasteiger partial charge >= 0.3 is 17.7 Å². The molecule has 7 heteroatoms. The number of hydrogen-bond donors (Lipinski definition) is 0. The normalized spacial score (nSPS) is 27.4. The van der Waals surface area contributed by atoms with Crippen LogP contribution in [0.4, 0.5) is 4.79 Å². The molecule has 0 unspecified atom stereocenters. The third-order valence-electron chi connectivity index (χ3n) is 6.86. The quantitative estimate of drug-likeness (QED) is 0.340. The third-order valence-corrected chi connectivity index (χ3v) is 6.86. The number of rotatable bonds is 2. The van der Waals surface area contributed by atoms with Crippen LogP contribution in [0.15, 0.2) is 46.6 Å². The van der Waals surface area contributed by atoms with Crippen molar-refractivity contribution in [3.8, 4) is 0 Å². The molecule has 0 aromatic rings. The fraction of sp³-hybridized carbons (Fsp3) is 0.538. The molecule has 4 rings (SSSR count). The monoisotopic (exact) mass is 447 g/mol. The fourth-order valence-electron chi connectivity index (χ4n) is 5.49. The van der Waals surface area contributed by atoms with Gasteiger partial charge in [-0.3, -0.25) is 9.69 Å². The molecule has 7 nitrogen and oxygen atoms in total. The van der Waals surface area contributed by atoms with Crippen LogP contribution >= 0.6 is 0 Å². The number of carbonyl (C=O) groups excluding carboxylic acids is 2. The second-order valence-corrected chi connectivity index (χ2v) is 10.2. The number of hydrogen-bond acceptors (Lipinski definition) is 4. The molecule has 1 fully saturated rings. The van der Waals surface area contributed by atoms with Crippen molar-refractivity contribution in [3.63, 3.8) is 0 Å². The molecule has 1 saturated heterocycles. The molecule has 0 saturated carbocycles. The fourth-order valence-corrected chi connectivity index (χ4v) is 5.49. The number of nitrogens with zero attached hydrogens (tertiary/aromatic N) is 3. The number of carbonyl (C=O) groups is 2. The van der Waals surface area contributed by atoms with Crippen LogP contribution in [0.5, 0.6) is 0 Å². The summed E-state index contributed by atoms with van der Waals surface area (Å²) >= 11 is 0. The van der Waals surface area contributed by atoms with Crippen LogP contribution in [0.1, 0.15) is 53.4 Å². The van der Waals surface area contributed by atoms with Crippen molar-refractivity contribution in [1.29, 1.82) is 0 Å². The molecule has 2 bridgehead atoms. The first-order valence-electron chi connectivity index (χ1n) is 11.2. The Bertz CT molecular complexity index is 1090. The van der Waals surface area contributed by atoms with Crippen molar-refractivity contribution in [2.45, 2.75) is 76.7 Å². The van der Waals surface area contributed by atoms with Gasteiger partial charge in [-0.2, -0.15) is 0 Å². The molecule has 4 aliphatic rings. The molecule has 33 heavy (non-hydrogen) atoms. The number of allylic oxidation sites excluding steroid dienone is 1. The number of esters is 1. The zero-order valence-corrected chi connectivity index (χ0v) is 19.6. The van der Waals surface area contributed by atoms with Gasteiger partial charge in [0.1, 0.15) is 24.2 Å². The largest absolute Gasteiger partial charge is 0.510 e. The first-order valence-corrected chi connectivity index (χ1v) is 11.2. The minimum absolute atomic E-state index is 0.0900. The summed E-state index contributed by atoms with van der Waals surface area (Å²) in [5, 5.41) is 0. The van der Waals surface area contributed by atoms with E-state index in [0.29, 0.717) is 6.42 Å². The Morgan fingerprint density at radius 3 is 2.55 bits per heavy atom. The number of fused-ring (bicyclic) bond motifs is 5. The van der Waals surface area contributed by atoms with Gasteiger partial charge in [-0.1, -0.05) is 12.7 Å². The minimum atomic E-state index is -1.38. The minimum Gasteiger partial charge on any atom is -0.461 e. The first-order chi connectivity index (χ1) is 15.5. The van der Waals surface area contributed by atoms with Gasteiger partial charge in [0.25, 0.3) is 0 Å². The summed E-state index contributed by atoms with van der Waals surface area (Å²) in [5.74, 6) is -0.627. The smallest absolute Gasteiger partial charge is 0.461 e. The summed E-state index contributed by atoms with van der Waals surface area (Å²) in [6, 6.07) is -0.342. The maximum atomic E-state index is 13.1. The summed E-state index contributed by atoms with van der Waals surface area (Å²) in [4.78, 5) is 34.0. The highest BCUT2D eigenvalue weighted by Crippen LogP contribution is 2.53. The number of ether oxygens (including phenoxy) is 2. The second-order valence-electron chi connectivity index (χ2n) is 10.2. The van der Waals surface area contributed by atoms with E-state index in [1.807, 2.05) is 26.8 Å². The summed E-state index contributed by atoms with van der Waals surface area (Å²) in [7, 11) is 0. The summed E-state index contributed by atoms with van der Waals surface area (Å²) in [6.07, 6.45) is 6.12. The van der Waals surface area contributed by atoms with Crippen molar-refractivity contribution in [3.05, 3.63) is 69.4 Å². The van der Waals surface area contributed by atoms with Gasteiger partial charge in [-0.25, -0.2) is 27.6 Å². The van der Waals surface area contributed by atoms with E-state index >= 15 is 0 Å². The zero-order valence-electron chi connectivity index (χ0n) is 19.6. The van der Waals surface area contributed by atoms with E-state index in [4.69, 9.17) is 22.6 Å². The van der Waals surface area contributed by atoms with E-state index in [1.165, 1.54) is 6.92 Å². The second kappa shape index (κ2) is 7.92. The van der Waals surface area contributed by atoms with Gasteiger partial charge < -0.3 is 9.47 Å². The van der Waals surface area contributed by atoms with Crippen LogP contribution < -0.4 is 0 Å². The third kappa shape index (κ3) is 3.86. The first kappa shape index (κ1) is 22.9. The van der Waals surface area contributed by atoms with E-state index in [2.05, 4.69) is 22.3 Å². The molecule has 0 spiro atoms. The molecule has 3 atom stereocenters. The Kier molecular flexibility index (Phi) is 5.48. The van der Waals surface area contributed by atoms with Crippen LogP contribution in [0.25, 0.3) is 9.69 Å². The van der Waals surface area contributed by atoms with E-state index < -0.39 is 11.3 Å². The standard InChI is InChI=1S/C26H29N3O4/c1-15-10-17-11-19-22(12-18-8-9-23(19)29(18)24(31)33-25(3,4)5)26(27-6,28-7)13-20(17)21(15)14-32-16(2)30/h11-12,18-19,23H,1,8-10,13-14H2,2-5H3/t18-,19-,23+/m1/s1. The molecule has 2 heterocycles. The highest BCUT2D eigenvalue weighted by Gasteiger charge is 2.60. The Morgan fingerprint density at radius 2 is 1.94 bits per heavy atom. The molecule has 0 aromatic carbocycles. The highest BCUT2D eigenvalue weighted by atomic mass is 16.6. The Balaban J connectivity index is 1.81. The van der Waals surface area contributed by atoms with Crippen LogP contribution in [-0.4, -0.2) is 46.9 Å².